The molecule has 0 aromatic carbocycles. The van der Waals surface area contributed by atoms with Crippen LogP contribution in [0.1, 0.15) is 36.2 Å². The van der Waals surface area contributed by atoms with Crippen LogP contribution >= 0.6 is 0 Å². The first-order chi connectivity index (χ1) is 9.83. The third-order valence-electron chi connectivity index (χ3n) is 4.11. The summed E-state index contributed by atoms with van der Waals surface area (Å²) >= 11 is 0. The highest BCUT2D eigenvalue weighted by Gasteiger charge is 2.31. The van der Waals surface area contributed by atoms with Gasteiger partial charge in [0.15, 0.2) is 0 Å². The highest BCUT2D eigenvalue weighted by Crippen LogP contribution is 2.36. The second-order valence-electron chi connectivity index (χ2n) is 5.69. The molecule has 0 unspecified atom stereocenters. The van der Waals surface area contributed by atoms with Crippen LogP contribution in [0.2, 0.25) is 0 Å². The van der Waals surface area contributed by atoms with E-state index in [0.29, 0.717) is 17.6 Å². The van der Waals surface area contributed by atoms with E-state index < -0.39 is 0 Å². The molecule has 1 aliphatic carbocycles. The number of nitriles is 1. The van der Waals surface area contributed by atoms with Crippen molar-refractivity contribution in [3.63, 3.8) is 0 Å². The maximum atomic E-state index is 8.81. The van der Waals surface area contributed by atoms with Crippen LogP contribution in [0.4, 0.5) is 0 Å². The average Bonchev–Trinajstić information content (AvgIpc) is 2.98. The van der Waals surface area contributed by atoms with E-state index >= 15 is 0 Å². The van der Waals surface area contributed by atoms with Crippen molar-refractivity contribution in [3.05, 3.63) is 36.2 Å². The molecule has 0 N–H and O–H groups in total. The zero-order chi connectivity index (χ0) is 13.5. The van der Waals surface area contributed by atoms with E-state index in [0.717, 1.165) is 19.6 Å². The largest absolute Gasteiger partial charge is 0.330 e. The Kier molecular flexibility index (Phi) is 2.60. The summed E-state index contributed by atoms with van der Waals surface area (Å²) in [4.78, 5) is 6.67. The van der Waals surface area contributed by atoms with Gasteiger partial charge in [0.05, 0.1) is 29.8 Å². The lowest BCUT2D eigenvalue weighted by atomic mass is 10.1. The fourth-order valence-corrected chi connectivity index (χ4v) is 2.80. The van der Waals surface area contributed by atoms with Crippen LogP contribution in [-0.2, 0) is 6.54 Å². The zero-order valence-corrected chi connectivity index (χ0v) is 11.2. The minimum atomic E-state index is 0.398. The summed E-state index contributed by atoms with van der Waals surface area (Å²) in [6, 6.07) is 3.20. The van der Waals surface area contributed by atoms with Gasteiger partial charge in [0, 0.05) is 38.1 Å². The fourth-order valence-electron chi connectivity index (χ4n) is 2.80. The lowest BCUT2D eigenvalue weighted by Crippen LogP contribution is -2.47. The predicted octanol–water partition coefficient (Wildman–Crippen LogP) is 1.34. The number of aromatic nitrogens is 4. The highest BCUT2D eigenvalue weighted by molar-refractivity contribution is 5.22. The van der Waals surface area contributed by atoms with Gasteiger partial charge in [-0.1, -0.05) is 0 Å². The van der Waals surface area contributed by atoms with Gasteiger partial charge in [-0.15, -0.1) is 0 Å². The van der Waals surface area contributed by atoms with Gasteiger partial charge in [0.2, 0.25) is 0 Å². The van der Waals surface area contributed by atoms with Crippen molar-refractivity contribution in [2.75, 3.05) is 13.1 Å². The third-order valence-corrected chi connectivity index (χ3v) is 4.11. The summed E-state index contributed by atoms with van der Waals surface area (Å²) in [5.41, 5.74) is 1.94. The molecule has 1 aliphatic heterocycles. The van der Waals surface area contributed by atoms with Gasteiger partial charge in [-0.2, -0.15) is 10.4 Å². The first-order valence-electron chi connectivity index (χ1n) is 7.01. The Bertz CT molecular complexity index is 653. The van der Waals surface area contributed by atoms with Gasteiger partial charge in [-0.05, 0) is 12.8 Å². The molecule has 1 saturated carbocycles. The van der Waals surface area contributed by atoms with Crippen molar-refractivity contribution in [2.45, 2.75) is 31.5 Å². The van der Waals surface area contributed by atoms with Gasteiger partial charge in [-0.3, -0.25) is 9.58 Å². The van der Waals surface area contributed by atoms with Crippen molar-refractivity contribution in [2.24, 2.45) is 0 Å². The Morgan fingerprint density at radius 2 is 2.10 bits per heavy atom. The molecule has 4 rings (SSSR count). The SMILES string of the molecule is N#Cc1cnn(C2CN(Cc3cncn3C3CC3)C2)c1. The summed E-state index contributed by atoms with van der Waals surface area (Å²) in [6.45, 7) is 2.93. The van der Waals surface area contributed by atoms with Gasteiger partial charge in [0.25, 0.3) is 0 Å². The van der Waals surface area contributed by atoms with Gasteiger partial charge in [0.1, 0.15) is 6.07 Å². The van der Waals surface area contributed by atoms with Gasteiger partial charge < -0.3 is 4.57 Å². The van der Waals surface area contributed by atoms with Crippen LogP contribution in [0.15, 0.2) is 24.9 Å². The van der Waals surface area contributed by atoms with E-state index in [4.69, 9.17) is 5.26 Å². The molecule has 0 bridgehead atoms. The predicted molar refractivity (Wildman–Crippen MR) is 71.8 cm³/mol. The molecule has 2 aliphatic rings. The second-order valence-corrected chi connectivity index (χ2v) is 5.69. The van der Waals surface area contributed by atoms with Gasteiger partial charge >= 0.3 is 0 Å². The number of rotatable bonds is 4. The molecule has 0 spiro atoms. The molecule has 0 radical (unpaired) electrons. The van der Waals surface area contributed by atoms with E-state index in [1.165, 1.54) is 18.5 Å². The average molecular weight is 268 g/mol. The highest BCUT2D eigenvalue weighted by atomic mass is 15.4. The molecule has 2 fully saturated rings. The molecule has 1 saturated heterocycles. The summed E-state index contributed by atoms with van der Waals surface area (Å²) in [6.07, 6.45) is 9.97. The molecule has 20 heavy (non-hydrogen) atoms. The normalized spacial score (nSPS) is 19.8. The number of likely N-dealkylation sites (tertiary alicyclic amines) is 1. The maximum absolute atomic E-state index is 8.81. The van der Waals surface area contributed by atoms with Crippen LogP contribution in [0, 0.1) is 11.3 Å². The monoisotopic (exact) mass is 268 g/mol. The number of hydrogen-bond acceptors (Lipinski definition) is 4. The Morgan fingerprint density at radius 3 is 2.80 bits per heavy atom. The Labute approximate surface area is 117 Å². The molecule has 3 heterocycles. The number of imidazole rings is 1. The summed E-state index contributed by atoms with van der Waals surface area (Å²) in [7, 11) is 0. The molecule has 102 valence electrons. The van der Waals surface area contributed by atoms with Gasteiger partial charge in [-0.25, -0.2) is 4.98 Å². The third kappa shape index (κ3) is 2.00. The Balaban J connectivity index is 1.37. The lowest BCUT2D eigenvalue weighted by Gasteiger charge is -2.39. The molecule has 2 aromatic heterocycles. The Hall–Kier alpha value is -2.13. The van der Waals surface area contributed by atoms with Crippen LogP contribution < -0.4 is 0 Å². The van der Waals surface area contributed by atoms with Crippen LogP contribution in [0.25, 0.3) is 0 Å². The molecule has 6 heteroatoms. The maximum Gasteiger partial charge on any atom is 0.102 e. The van der Waals surface area contributed by atoms with Crippen molar-refractivity contribution in [3.8, 4) is 6.07 Å². The quantitative estimate of drug-likeness (QED) is 0.839. The Morgan fingerprint density at radius 1 is 1.25 bits per heavy atom. The van der Waals surface area contributed by atoms with E-state index in [1.54, 1.807) is 6.20 Å². The van der Waals surface area contributed by atoms with Crippen molar-refractivity contribution in [1.82, 2.24) is 24.2 Å². The second kappa shape index (κ2) is 4.46. The van der Waals surface area contributed by atoms with Crippen LogP contribution in [0.3, 0.4) is 0 Å². The molecular formula is C14H16N6. The first-order valence-corrected chi connectivity index (χ1v) is 7.01. The van der Waals surface area contributed by atoms with Crippen molar-refractivity contribution >= 4 is 0 Å². The van der Waals surface area contributed by atoms with Crippen LogP contribution in [0.5, 0.6) is 0 Å². The van der Waals surface area contributed by atoms with Crippen molar-refractivity contribution < 1.29 is 0 Å². The topological polar surface area (TPSA) is 62.7 Å². The molecule has 6 nitrogen and oxygen atoms in total. The van der Waals surface area contributed by atoms with E-state index in [2.05, 4.69) is 25.6 Å². The summed E-state index contributed by atoms with van der Waals surface area (Å²) in [5, 5.41) is 13.1. The molecule has 0 amide bonds. The minimum absolute atomic E-state index is 0.398. The minimum Gasteiger partial charge on any atom is -0.330 e. The number of nitrogens with zero attached hydrogens (tertiary/aromatic N) is 6. The number of hydrogen-bond donors (Lipinski definition) is 0. The van der Waals surface area contributed by atoms with E-state index in [-0.39, 0.29) is 0 Å². The lowest BCUT2D eigenvalue weighted by molar-refractivity contribution is 0.0883. The molecule has 0 atom stereocenters. The summed E-state index contributed by atoms with van der Waals surface area (Å²) < 4.78 is 4.22. The standard InChI is InChI=1S/C14H16N6/c15-3-11-4-17-20(6-11)14-8-18(9-14)7-13-5-16-10-19(13)12-1-2-12/h4-6,10,12,14H,1-2,7-9H2. The zero-order valence-electron chi connectivity index (χ0n) is 11.2. The summed E-state index contributed by atoms with van der Waals surface area (Å²) in [5.74, 6) is 0. The van der Waals surface area contributed by atoms with Crippen LogP contribution in [-0.4, -0.2) is 37.3 Å². The van der Waals surface area contributed by atoms with Crippen molar-refractivity contribution in [1.29, 1.82) is 5.26 Å². The smallest absolute Gasteiger partial charge is 0.102 e. The van der Waals surface area contributed by atoms with E-state index in [1.807, 2.05) is 23.4 Å². The molecule has 2 aromatic rings. The first kappa shape index (κ1) is 11.7. The fraction of sp³-hybridized carbons (Fsp3) is 0.500. The molecular weight excluding hydrogens is 252 g/mol. The van der Waals surface area contributed by atoms with E-state index in [9.17, 15) is 0 Å².